The highest BCUT2D eigenvalue weighted by molar-refractivity contribution is 9.08. The first kappa shape index (κ1) is 12.0. The van der Waals surface area contributed by atoms with Gasteiger partial charge in [-0.1, -0.05) is 47.5 Å². The van der Waals surface area contributed by atoms with Gasteiger partial charge in [-0.3, -0.25) is 0 Å². The average Bonchev–Trinajstić information content (AvgIpc) is 2.59. The molecule has 2 heteroatoms. The lowest BCUT2D eigenvalue weighted by molar-refractivity contribution is 0.494. The molecule has 88 valence electrons. The molecule has 0 amide bonds. The maximum absolute atomic E-state index is 3.59. The lowest BCUT2D eigenvalue weighted by Gasteiger charge is -2.21. The van der Waals surface area contributed by atoms with Crippen LogP contribution in [0.5, 0.6) is 0 Å². The number of hydrogen-bond acceptors (Lipinski definition) is 1. The number of halogens is 1. The SMILES string of the molecule is Cc1ccc(N2CC(C)C(C)C2)c(CBr)c1. The number of alkyl halides is 1. The third-order valence-electron chi connectivity index (χ3n) is 3.71. The second-order valence-electron chi connectivity index (χ2n) is 5.13. The standard InChI is InChI=1S/C14H20BrN/c1-10-4-5-14(13(6-10)7-15)16-8-11(2)12(3)9-16/h4-6,11-12H,7-9H2,1-3H3. The molecule has 1 saturated heterocycles. The maximum Gasteiger partial charge on any atom is 0.0407 e. The zero-order valence-electron chi connectivity index (χ0n) is 10.3. The topological polar surface area (TPSA) is 3.24 Å². The fourth-order valence-electron chi connectivity index (χ4n) is 2.46. The fraction of sp³-hybridized carbons (Fsp3) is 0.571. The predicted molar refractivity (Wildman–Crippen MR) is 74.4 cm³/mol. The van der Waals surface area contributed by atoms with Crippen molar-refractivity contribution in [3.8, 4) is 0 Å². The summed E-state index contributed by atoms with van der Waals surface area (Å²) in [4.78, 5) is 2.53. The van der Waals surface area contributed by atoms with Crippen molar-refractivity contribution in [2.75, 3.05) is 18.0 Å². The van der Waals surface area contributed by atoms with Gasteiger partial charge in [-0.05, 0) is 30.4 Å². The highest BCUT2D eigenvalue weighted by atomic mass is 79.9. The number of benzene rings is 1. The monoisotopic (exact) mass is 281 g/mol. The summed E-state index contributed by atoms with van der Waals surface area (Å²) in [5.41, 5.74) is 4.18. The van der Waals surface area contributed by atoms with Crippen molar-refractivity contribution < 1.29 is 0 Å². The Hall–Kier alpha value is -0.500. The van der Waals surface area contributed by atoms with Gasteiger partial charge in [0, 0.05) is 24.1 Å². The summed E-state index contributed by atoms with van der Waals surface area (Å²) in [6, 6.07) is 6.78. The van der Waals surface area contributed by atoms with Crippen LogP contribution < -0.4 is 4.90 Å². The minimum atomic E-state index is 0.810. The molecule has 1 aromatic carbocycles. The van der Waals surface area contributed by atoms with Crippen molar-refractivity contribution in [3.05, 3.63) is 29.3 Å². The Morgan fingerprint density at radius 3 is 2.44 bits per heavy atom. The molecule has 2 atom stereocenters. The Bertz CT molecular complexity index is 365. The first-order valence-electron chi connectivity index (χ1n) is 6.02. The van der Waals surface area contributed by atoms with E-state index in [2.05, 4.69) is 59.8 Å². The van der Waals surface area contributed by atoms with E-state index in [4.69, 9.17) is 0 Å². The van der Waals surface area contributed by atoms with Crippen molar-refractivity contribution in [2.45, 2.75) is 26.1 Å². The minimum absolute atomic E-state index is 0.810. The van der Waals surface area contributed by atoms with Crippen LogP contribution in [0.25, 0.3) is 0 Å². The summed E-state index contributed by atoms with van der Waals surface area (Å²) in [7, 11) is 0. The smallest absolute Gasteiger partial charge is 0.0407 e. The van der Waals surface area contributed by atoms with Crippen LogP contribution in [0.1, 0.15) is 25.0 Å². The quantitative estimate of drug-likeness (QED) is 0.742. The molecule has 0 N–H and O–H groups in total. The van der Waals surface area contributed by atoms with Gasteiger partial charge in [0.2, 0.25) is 0 Å². The second kappa shape index (κ2) is 4.79. The van der Waals surface area contributed by atoms with Gasteiger partial charge in [0.15, 0.2) is 0 Å². The zero-order chi connectivity index (χ0) is 11.7. The number of nitrogens with zero attached hydrogens (tertiary/aromatic N) is 1. The Morgan fingerprint density at radius 2 is 1.88 bits per heavy atom. The molecular weight excluding hydrogens is 262 g/mol. The van der Waals surface area contributed by atoms with Gasteiger partial charge in [-0.2, -0.15) is 0 Å². The van der Waals surface area contributed by atoms with Crippen LogP contribution in [0.15, 0.2) is 18.2 Å². The molecule has 0 aliphatic carbocycles. The molecule has 1 aliphatic heterocycles. The molecule has 0 aromatic heterocycles. The molecule has 0 radical (unpaired) electrons. The Labute approximate surface area is 107 Å². The second-order valence-corrected chi connectivity index (χ2v) is 5.69. The minimum Gasteiger partial charge on any atom is -0.371 e. The average molecular weight is 282 g/mol. The Kier molecular flexibility index (Phi) is 3.58. The summed E-state index contributed by atoms with van der Waals surface area (Å²) in [5, 5.41) is 0.948. The van der Waals surface area contributed by atoms with Crippen LogP contribution in [0.2, 0.25) is 0 Å². The zero-order valence-corrected chi connectivity index (χ0v) is 11.9. The molecule has 1 heterocycles. The predicted octanol–water partition coefficient (Wildman–Crippen LogP) is 3.98. The van der Waals surface area contributed by atoms with E-state index in [1.165, 1.54) is 29.9 Å². The normalized spacial score (nSPS) is 25.1. The van der Waals surface area contributed by atoms with Crippen LogP contribution >= 0.6 is 15.9 Å². The van der Waals surface area contributed by atoms with E-state index in [9.17, 15) is 0 Å². The van der Waals surface area contributed by atoms with E-state index in [0.29, 0.717) is 0 Å². The van der Waals surface area contributed by atoms with Gasteiger partial charge in [-0.25, -0.2) is 0 Å². The maximum atomic E-state index is 3.59. The van der Waals surface area contributed by atoms with E-state index >= 15 is 0 Å². The van der Waals surface area contributed by atoms with E-state index in [1.54, 1.807) is 0 Å². The highest BCUT2D eigenvalue weighted by Gasteiger charge is 2.27. The highest BCUT2D eigenvalue weighted by Crippen LogP contribution is 2.31. The molecule has 0 saturated carbocycles. The van der Waals surface area contributed by atoms with E-state index < -0.39 is 0 Å². The Morgan fingerprint density at radius 1 is 1.25 bits per heavy atom. The van der Waals surface area contributed by atoms with Gasteiger partial charge in [-0.15, -0.1) is 0 Å². The molecule has 1 nitrogen and oxygen atoms in total. The van der Waals surface area contributed by atoms with Crippen molar-refractivity contribution in [3.63, 3.8) is 0 Å². The molecule has 0 spiro atoms. The summed E-state index contributed by atoms with van der Waals surface area (Å²) < 4.78 is 0. The molecule has 1 fully saturated rings. The van der Waals surface area contributed by atoms with Gasteiger partial charge >= 0.3 is 0 Å². The van der Waals surface area contributed by atoms with Gasteiger partial charge < -0.3 is 4.90 Å². The Balaban J connectivity index is 2.27. The summed E-state index contributed by atoms with van der Waals surface area (Å²) in [6.45, 7) is 9.26. The third kappa shape index (κ3) is 2.27. The lowest BCUT2D eigenvalue weighted by Crippen LogP contribution is -2.20. The van der Waals surface area contributed by atoms with Crippen molar-refractivity contribution in [1.29, 1.82) is 0 Å². The number of hydrogen-bond donors (Lipinski definition) is 0. The lowest BCUT2D eigenvalue weighted by atomic mass is 10.0. The molecule has 0 bridgehead atoms. The summed E-state index contributed by atoms with van der Waals surface area (Å²) in [5.74, 6) is 1.62. The summed E-state index contributed by atoms with van der Waals surface area (Å²) in [6.07, 6.45) is 0. The van der Waals surface area contributed by atoms with Crippen LogP contribution in [0.3, 0.4) is 0 Å². The van der Waals surface area contributed by atoms with Crippen molar-refractivity contribution in [1.82, 2.24) is 0 Å². The van der Waals surface area contributed by atoms with Gasteiger partial charge in [0.05, 0.1) is 0 Å². The van der Waals surface area contributed by atoms with E-state index in [0.717, 1.165) is 17.2 Å². The molecule has 1 aliphatic rings. The van der Waals surface area contributed by atoms with Crippen LogP contribution in [0, 0.1) is 18.8 Å². The number of anilines is 1. The van der Waals surface area contributed by atoms with Gasteiger partial charge in [0.25, 0.3) is 0 Å². The van der Waals surface area contributed by atoms with Crippen LogP contribution in [-0.2, 0) is 5.33 Å². The number of rotatable bonds is 2. The fourth-order valence-corrected chi connectivity index (χ4v) is 2.91. The number of aryl methyl sites for hydroxylation is 1. The van der Waals surface area contributed by atoms with E-state index in [-0.39, 0.29) is 0 Å². The molecule has 16 heavy (non-hydrogen) atoms. The first-order valence-corrected chi connectivity index (χ1v) is 7.14. The van der Waals surface area contributed by atoms with E-state index in [1.807, 2.05) is 0 Å². The molecule has 2 rings (SSSR count). The third-order valence-corrected chi connectivity index (χ3v) is 4.31. The van der Waals surface area contributed by atoms with Gasteiger partial charge in [0.1, 0.15) is 0 Å². The molecule has 2 unspecified atom stereocenters. The van der Waals surface area contributed by atoms with Crippen molar-refractivity contribution >= 4 is 21.6 Å². The largest absolute Gasteiger partial charge is 0.371 e. The first-order chi connectivity index (χ1) is 7.61. The van der Waals surface area contributed by atoms with Crippen molar-refractivity contribution in [2.24, 2.45) is 11.8 Å². The van der Waals surface area contributed by atoms with Crippen LogP contribution in [-0.4, -0.2) is 13.1 Å². The van der Waals surface area contributed by atoms with Crippen LogP contribution in [0.4, 0.5) is 5.69 Å². The molecule has 1 aromatic rings. The molecular formula is C14H20BrN. The summed E-state index contributed by atoms with van der Waals surface area (Å²) >= 11 is 3.59.